The van der Waals surface area contributed by atoms with Gasteiger partial charge in [0.25, 0.3) is 0 Å². The van der Waals surface area contributed by atoms with Gasteiger partial charge in [0.15, 0.2) is 0 Å². The van der Waals surface area contributed by atoms with E-state index >= 15 is 0 Å². The van der Waals surface area contributed by atoms with E-state index in [2.05, 4.69) is 43.5 Å². The molecule has 0 radical (unpaired) electrons. The number of aliphatic hydroxyl groups excluding tert-OH is 2. The van der Waals surface area contributed by atoms with E-state index in [0.29, 0.717) is 6.42 Å². The Morgan fingerprint density at radius 3 is 1.21 bits per heavy atom. The molecular formula is C49H93NO3. The first-order valence-corrected chi connectivity index (χ1v) is 23.7. The fraction of sp³-hybridized carbons (Fsp3) is 0.857. The summed E-state index contributed by atoms with van der Waals surface area (Å²) in [5.74, 6) is -0.0778. The molecule has 0 aliphatic rings. The maximum Gasteiger partial charge on any atom is 0.220 e. The highest BCUT2D eigenvalue weighted by molar-refractivity contribution is 5.76. The van der Waals surface area contributed by atoms with Gasteiger partial charge in [-0.25, -0.2) is 0 Å². The van der Waals surface area contributed by atoms with Crippen LogP contribution in [0.15, 0.2) is 36.5 Å². The summed E-state index contributed by atoms with van der Waals surface area (Å²) >= 11 is 0. The lowest BCUT2D eigenvalue weighted by Crippen LogP contribution is -2.45. The van der Waals surface area contributed by atoms with Crippen LogP contribution in [0.5, 0.6) is 0 Å². The molecule has 53 heavy (non-hydrogen) atoms. The number of amides is 1. The lowest BCUT2D eigenvalue weighted by atomic mass is 10.0. The molecule has 0 rings (SSSR count). The van der Waals surface area contributed by atoms with Gasteiger partial charge in [0.05, 0.1) is 18.8 Å². The van der Waals surface area contributed by atoms with Crippen LogP contribution in [0.1, 0.15) is 251 Å². The second kappa shape index (κ2) is 45.0. The molecule has 0 aromatic heterocycles. The van der Waals surface area contributed by atoms with Crippen molar-refractivity contribution < 1.29 is 15.0 Å². The van der Waals surface area contributed by atoms with Gasteiger partial charge < -0.3 is 15.5 Å². The summed E-state index contributed by atoms with van der Waals surface area (Å²) in [7, 11) is 0. The quantitative estimate of drug-likeness (QED) is 0.0430. The smallest absolute Gasteiger partial charge is 0.220 e. The molecule has 0 spiro atoms. The third-order valence-electron chi connectivity index (χ3n) is 10.8. The maximum atomic E-state index is 12.3. The maximum absolute atomic E-state index is 12.3. The molecule has 4 nitrogen and oxygen atoms in total. The molecule has 3 N–H and O–H groups in total. The first-order valence-electron chi connectivity index (χ1n) is 23.7. The Morgan fingerprint density at radius 1 is 0.453 bits per heavy atom. The van der Waals surface area contributed by atoms with E-state index in [1.54, 1.807) is 6.08 Å². The molecular weight excluding hydrogens is 651 g/mol. The van der Waals surface area contributed by atoms with Crippen molar-refractivity contribution in [2.45, 2.75) is 264 Å². The van der Waals surface area contributed by atoms with Crippen molar-refractivity contribution in [1.29, 1.82) is 0 Å². The first-order chi connectivity index (χ1) is 26.2. The van der Waals surface area contributed by atoms with E-state index in [1.807, 2.05) is 6.08 Å². The van der Waals surface area contributed by atoms with Crippen LogP contribution < -0.4 is 5.32 Å². The second-order valence-corrected chi connectivity index (χ2v) is 16.2. The standard InChI is InChI=1S/C49H93NO3/c1-3-5-7-9-11-13-15-17-18-19-20-21-22-23-24-25-26-27-28-29-30-31-33-34-36-38-40-42-44-48(52)47(46-51)50-49(53)45-43-41-39-37-35-32-16-14-12-10-8-6-4-2/h8,10,14,16,42,44,47-48,51-52H,3-7,9,11-13,15,17-41,43,45-46H2,1-2H3,(H,50,53)/b10-8-,16-14-,44-42+. The van der Waals surface area contributed by atoms with Gasteiger partial charge in [0.1, 0.15) is 0 Å². The van der Waals surface area contributed by atoms with Gasteiger partial charge in [0, 0.05) is 6.42 Å². The molecule has 2 atom stereocenters. The van der Waals surface area contributed by atoms with Crippen LogP contribution in [0.4, 0.5) is 0 Å². The molecule has 0 aliphatic carbocycles. The number of carbonyl (C=O) groups is 1. The molecule has 1 amide bonds. The molecule has 0 saturated heterocycles. The summed E-state index contributed by atoms with van der Waals surface area (Å²) < 4.78 is 0. The van der Waals surface area contributed by atoms with Gasteiger partial charge >= 0.3 is 0 Å². The Hall–Kier alpha value is -1.39. The van der Waals surface area contributed by atoms with Crippen LogP contribution >= 0.6 is 0 Å². The van der Waals surface area contributed by atoms with Crippen LogP contribution in [0, 0.1) is 0 Å². The van der Waals surface area contributed by atoms with Gasteiger partial charge in [-0.2, -0.15) is 0 Å². The van der Waals surface area contributed by atoms with Gasteiger partial charge in [-0.3, -0.25) is 4.79 Å². The highest BCUT2D eigenvalue weighted by Crippen LogP contribution is 2.16. The van der Waals surface area contributed by atoms with Crippen molar-refractivity contribution in [2.24, 2.45) is 0 Å². The largest absolute Gasteiger partial charge is 0.394 e. The molecule has 4 heteroatoms. The number of aliphatic hydroxyl groups is 2. The van der Waals surface area contributed by atoms with Gasteiger partial charge in [0.2, 0.25) is 5.91 Å². The van der Waals surface area contributed by atoms with Crippen LogP contribution in [0.3, 0.4) is 0 Å². The topological polar surface area (TPSA) is 69.6 Å². The molecule has 0 saturated carbocycles. The number of nitrogens with one attached hydrogen (secondary N) is 1. The van der Waals surface area contributed by atoms with Crippen molar-refractivity contribution in [3.63, 3.8) is 0 Å². The highest BCUT2D eigenvalue weighted by Gasteiger charge is 2.17. The number of hydrogen-bond acceptors (Lipinski definition) is 3. The van der Waals surface area contributed by atoms with Crippen LogP contribution in [-0.2, 0) is 4.79 Å². The zero-order chi connectivity index (χ0) is 38.6. The molecule has 0 aromatic carbocycles. The summed E-state index contributed by atoms with van der Waals surface area (Å²) in [5, 5.41) is 23.0. The lowest BCUT2D eigenvalue weighted by Gasteiger charge is -2.20. The van der Waals surface area contributed by atoms with Crippen LogP contribution in [0.2, 0.25) is 0 Å². The van der Waals surface area contributed by atoms with Crippen LogP contribution in [0.25, 0.3) is 0 Å². The summed E-state index contributed by atoms with van der Waals surface area (Å²) in [6, 6.07) is -0.628. The number of allylic oxidation sites excluding steroid dienone is 5. The lowest BCUT2D eigenvalue weighted by molar-refractivity contribution is -0.123. The van der Waals surface area contributed by atoms with E-state index in [4.69, 9.17) is 0 Å². The summed E-state index contributed by atoms with van der Waals surface area (Å²) in [6.07, 6.45) is 59.9. The zero-order valence-corrected chi connectivity index (χ0v) is 35.8. The summed E-state index contributed by atoms with van der Waals surface area (Å²) in [6.45, 7) is 4.25. The van der Waals surface area contributed by atoms with Crippen LogP contribution in [-0.4, -0.2) is 34.9 Å². The average molecular weight is 744 g/mol. The van der Waals surface area contributed by atoms with E-state index < -0.39 is 12.1 Å². The Balaban J connectivity index is 3.48. The van der Waals surface area contributed by atoms with Crippen molar-refractivity contribution in [3.8, 4) is 0 Å². The third kappa shape index (κ3) is 41.6. The molecule has 0 bridgehead atoms. The molecule has 0 aliphatic heterocycles. The normalized spacial score (nSPS) is 13.2. The molecule has 0 heterocycles. The molecule has 0 aromatic rings. The zero-order valence-electron chi connectivity index (χ0n) is 35.8. The fourth-order valence-corrected chi connectivity index (χ4v) is 7.22. The van der Waals surface area contributed by atoms with E-state index in [-0.39, 0.29) is 12.5 Å². The minimum atomic E-state index is -0.844. The van der Waals surface area contributed by atoms with E-state index in [0.717, 1.165) is 44.9 Å². The molecule has 312 valence electrons. The number of carbonyl (C=O) groups excluding carboxylic acids is 1. The first kappa shape index (κ1) is 51.6. The predicted molar refractivity (Wildman–Crippen MR) is 235 cm³/mol. The average Bonchev–Trinajstić information content (AvgIpc) is 3.16. The number of hydrogen-bond donors (Lipinski definition) is 3. The van der Waals surface area contributed by atoms with Crippen molar-refractivity contribution in [3.05, 3.63) is 36.5 Å². The van der Waals surface area contributed by atoms with Gasteiger partial charge in [-0.05, 0) is 44.9 Å². The fourth-order valence-electron chi connectivity index (χ4n) is 7.22. The monoisotopic (exact) mass is 744 g/mol. The van der Waals surface area contributed by atoms with Crippen molar-refractivity contribution in [2.75, 3.05) is 6.61 Å². The van der Waals surface area contributed by atoms with Gasteiger partial charge in [-0.1, -0.05) is 237 Å². The predicted octanol–water partition coefficient (Wildman–Crippen LogP) is 15.0. The Labute approximate surface area is 331 Å². The second-order valence-electron chi connectivity index (χ2n) is 16.2. The van der Waals surface area contributed by atoms with E-state index in [9.17, 15) is 15.0 Å². The highest BCUT2D eigenvalue weighted by atomic mass is 16.3. The SMILES string of the molecule is CCC/C=C\C/C=C\CCCCCCCC(=O)NC(CO)C(O)/C=C/CCCCCCCCCCCCCCCCCCCCCCCCCCCC. The molecule has 2 unspecified atom stereocenters. The van der Waals surface area contributed by atoms with Crippen molar-refractivity contribution >= 4 is 5.91 Å². The summed E-state index contributed by atoms with van der Waals surface area (Å²) in [4.78, 5) is 12.3. The van der Waals surface area contributed by atoms with Crippen molar-refractivity contribution in [1.82, 2.24) is 5.32 Å². The minimum Gasteiger partial charge on any atom is -0.394 e. The van der Waals surface area contributed by atoms with Gasteiger partial charge in [-0.15, -0.1) is 0 Å². The number of rotatable bonds is 43. The van der Waals surface area contributed by atoms with E-state index in [1.165, 1.54) is 186 Å². The summed E-state index contributed by atoms with van der Waals surface area (Å²) in [5.41, 5.74) is 0. The number of unbranched alkanes of at least 4 members (excludes halogenated alkanes) is 32. The third-order valence-corrected chi connectivity index (χ3v) is 10.8. The Kier molecular flexibility index (Phi) is 43.8. The molecule has 0 fully saturated rings. The minimum absolute atomic E-state index is 0.0778. The Morgan fingerprint density at radius 2 is 0.811 bits per heavy atom. The Bertz CT molecular complexity index is 806.